The molecule has 1 aliphatic rings. The first kappa shape index (κ1) is 13.3. The van der Waals surface area contributed by atoms with Crippen LogP contribution in [0.4, 0.5) is 0 Å². The van der Waals surface area contributed by atoms with E-state index >= 15 is 0 Å². The summed E-state index contributed by atoms with van der Waals surface area (Å²) in [6.45, 7) is 1.49. The molecule has 0 saturated carbocycles. The number of fused-ring (bicyclic) bond motifs is 1. The third kappa shape index (κ3) is 2.12. The molecule has 0 radical (unpaired) electrons. The SMILES string of the molecule is CCOC(=O)C(=O)C1=Cc2cc(O)ccc2S1(=O)=O. The van der Waals surface area contributed by atoms with E-state index in [0.717, 1.165) is 6.08 Å². The Bertz CT molecular complexity index is 699. The van der Waals surface area contributed by atoms with Gasteiger partial charge in [-0.1, -0.05) is 0 Å². The topological polar surface area (TPSA) is 97.7 Å². The van der Waals surface area contributed by atoms with Gasteiger partial charge in [0.2, 0.25) is 9.84 Å². The van der Waals surface area contributed by atoms with E-state index < -0.39 is 26.5 Å². The van der Waals surface area contributed by atoms with Crippen molar-refractivity contribution in [2.75, 3.05) is 6.61 Å². The van der Waals surface area contributed by atoms with Crippen molar-refractivity contribution in [3.05, 3.63) is 28.7 Å². The Morgan fingerprint density at radius 2 is 2.00 bits per heavy atom. The van der Waals surface area contributed by atoms with Crippen LogP contribution in [0.15, 0.2) is 28.0 Å². The highest BCUT2D eigenvalue weighted by atomic mass is 32.2. The van der Waals surface area contributed by atoms with Crippen LogP contribution in [-0.4, -0.2) is 31.9 Å². The van der Waals surface area contributed by atoms with E-state index in [9.17, 15) is 23.1 Å². The number of hydrogen-bond donors (Lipinski definition) is 1. The molecule has 0 unspecified atom stereocenters. The molecule has 0 bridgehead atoms. The third-order valence-corrected chi connectivity index (χ3v) is 4.38. The molecule has 0 fully saturated rings. The first-order valence-corrected chi connectivity index (χ1v) is 6.87. The molecule has 2 rings (SSSR count). The maximum Gasteiger partial charge on any atom is 0.380 e. The number of aromatic hydroxyl groups is 1. The van der Waals surface area contributed by atoms with Crippen molar-refractivity contribution in [1.82, 2.24) is 0 Å². The Kier molecular flexibility index (Phi) is 3.15. The summed E-state index contributed by atoms with van der Waals surface area (Å²) in [7, 11) is -4.03. The Morgan fingerprint density at radius 3 is 2.63 bits per heavy atom. The van der Waals surface area contributed by atoms with Crippen LogP contribution in [-0.2, 0) is 24.2 Å². The number of esters is 1. The van der Waals surface area contributed by atoms with Crippen LogP contribution in [0.25, 0.3) is 6.08 Å². The average molecular weight is 282 g/mol. The maximum absolute atomic E-state index is 12.1. The predicted molar refractivity (Wildman–Crippen MR) is 64.9 cm³/mol. The van der Waals surface area contributed by atoms with Gasteiger partial charge < -0.3 is 9.84 Å². The second kappa shape index (κ2) is 4.51. The molecule has 19 heavy (non-hydrogen) atoms. The number of ether oxygens (including phenoxy) is 1. The van der Waals surface area contributed by atoms with Crippen LogP contribution in [0, 0.1) is 0 Å². The Morgan fingerprint density at radius 1 is 1.32 bits per heavy atom. The number of benzene rings is 1. The molecule has 1 aromatic carbocycles. The minimum Gasteiger partial charge on any atom is -0.508 e. The van der Waals surface area contributed by atoms with Crippen molar-refractivity contribution < 1.29 is 27.9 Å². The van der Waals surface area contributed by atoms with Crippen LogP contribution < -0.4 is 0 Å². The van der Waals surface area contributed by atoms with Gasteiger partial charge in [-0.2, -0.15) is 0 Å². The highest BCUT2D eigenvalue weighted by Crippen LogP contribution is 2.35. The van der Waals surface area contributed by atoms with E-state index in [-0.39, 0.29) is 22.8 Å². The minimum absolute atomic E-state index is 0.0222. The number of phenolic OH excluding ortho intramolecular Hbond substituents is 1. The lowest BCUT2D eigenvalue weighted by Crippen LogP contribution is -2.22. The molecule has 1 aliphatic heterocycles. The van der Waals surface area contributed by atoms with Gasteiger partial charge in [0, 0.05) is 0 Å². The molecule has 0 spiro atoms. The molecule has 100 valence electrons. The predicted octanol–water partition coefficient (Wildman–Crippen LogP) is 0.653. The maximum atomic E-state index is 12.1. The lowest BCUT2D eigenvalue weighted by molar-refractivity contribution is -0.151. The summed E-state index contributed by atoms with van der Waals surface area (Å²) in [5, 5.41) is 9.28. The molecule has 0 atom stereocenters. The lowest BCUT2D eigenvalue weighted by Gasteiger charge is -2.02. The molecule has 7 heteroatoms. The normalized spacial score (nSPS) is 15.5. The molecular formula is C12H10O6S. The van der Waals surface area contributed by atoms with Crippen molar-refractivity contribution in [3.63, 3.8) is 0 Å². The van der Waals surface area contributed by atoms with Crippen molar-refractivity contribution in [3.8, 4) is 5.75 Å². The van der Waals surface area contributed by atoms with Crippen molar-refractivity contribution >= 4 is 27.7 Å². The largest absolute Gasteiger partial charge is 0.508 e. The number of Topliss-reactive ketones (excluding diaryl/α,β-unsaturated/α-hetero) is 1. The molecule has 0 saturated heterocycles. The van der Waals surface area contributed by atoms with E-state index in [1.54, 1.807) is 0 Å². The van der Waals surface area contributed by atoms with E-state index in [1.165, 1.54) is 25.1 Å². The number of sulfone groups is 1. The summed E-state index contributed by atoms with van der Waals surface area (Å²) in [5.74, 6) is -2.55. The molecule has 6 nitrogen and oxygen atoms in total. The van der Waals surface area contributed by atoms with Crippen molar-refractivity contribution in [1.29, 1.82) is 0 Å². The standard InChI is InChI=1S/C12H10O6S/c1-2-18-12(15)11(14)10-6-7-5-8(13)3-4-9(7)19(10,16)17/h3-6,13H,2H2,1H3. The zero-order valence-corrected chi connectivity index (χ0v) is 10.7. The molecule has 1 N–H and O–H groups in total. The third-order valence-electron chi connectivity index (χ3n) is 2.54. The zero-order valence-electron chi connectivity index (χ0n) is 9.91. The van der Waals surface area contributed by atoms with Crippen LogP contribution in [0.3, 0.4) is 0 Å². The number of carbonyl (C=O) groups excluding carboxylic acids is 2. The molecular weight excluding hydrogens is 272 g/mol. The highest BCUT2D eigenvalue weighted by Gasteiger charge is 2.37. The van der Waals surface area contributed by atoms with E-state index in [2.05, 4.69) is 4.74 Å². The van der Waals surface area contributed by atoms with Gasteiger partial charge in [-0.25, -0.2) is 13.2 Å². The van der Waals surface area contributed by atoms with Gasteiger partial charge in [-0.05, 0) is 36.8 Å². The van der Waals surface area contributed by atoms with Gasteiger partial charge in [0.15, 0.2) is 0 Å². The van der Waals surface area contributed by atoms with E-state index in [4.69, 9.17) is 0 Å². The van der Waals surface area contributed by atoms with Gasteiger partial charge >= 0.3 is 5.97 Å². The number of carbonyl (C=O) groups is 2. The van der Waals surface area contributed by atoms with Gasteiger partial charge in [0.05, 0.1) is 11.5 Å². The van der Waals surface area contributed by atoms with Gasteiger partial charge in [-0.15, -0.1) is 0 Å². The Hall–Kier alpha value is -2.15. The zero-order chi connectivity index (χ0) is 14.2. The molecule has 0 aliphatic carbocycles. The summed E-state index contributed by atoms with van der Waals surface area (Å²) in [6.07, 6.45) is 1.06. The van der Waals surface area contributed by atoms with E-state index in [0.29, 0.717) is 0 Å². The van der Waals surface area contributed by atoms with Gasteiger partial charge in [-0.3, -0.25) is 4.79 Å². The van der Waals surface area contributed by atoms with Crippen LogP contribution in [0.1, 0.15) is 12.5 Å². The fourth-order valence-corrected chi connectivity index (χ4v) is 3.24. The lowest BCUT2D eigenvalue weighted by atomic mass is 10.2. The molecule has 0 aromatic heterocycles. The van der Waals surface area contributed by atoms with E-state index in [1.807, 2.05) is 0 Å². The summed E-state index contributed by atoms with van der Waals surface area (Å²) < 4.78 is 28.6. The summed E-state index contributed by atoms with van der Waals surface area (Å²) >= 11 is 0. The molecule has 1 aromatic rings. The van der Waals surface area contributed by atoms with Gasteiger partial charge in [0.25, 0.3) is 5.78 Å². The van der Waals surface area contributed by atoms with Crippen molar-refractivity contribution in [2.24, 2.45) is 0 Å². The first-order chi connectivity index (χ1) is 8.87. The van der Waals surface area contributed by atoms with Crippen LogP contribution in [0.2, 0.25) is 0 Å². The average Bonchev–Trinajstić information content (AvgIpc) is 2.60. The van der Waals surface area contributed by atoms with Crippen LogP contribution in [0.5, 0.6) is 5.75 Å². The Labute approximate surface area is 109 Å². The number of phenols is 1. The monoisotopic (exact) mass is 282 g/mol. The van der Waals surface area contributed by atoms with Crippen LogP contribution >= 0.6 is 0 Å². The molecule has 0 amide bonds. The quantitative estimate of drug-likeness (QED) is 0.645. The highest BCUT2D eigenvalue weighted by molar-refractivity contribution is 7.97. The number of rotatable bonds is 3. The Balaban J connectivity index is 2.48. The number of ketones is 1. The minimum atomic E-state index is -4.03. The second-order valence-electron chi connectivity index (χ2n) is 3.78. The van der Waals surface area contributed by atoms with Crippen molar-refractivity contribution in [2.45, 2.75) is 11.8 Å². The molecule has 1 heterocycles. The second-order valence-corrected chi connectivity index (χ2v) is 5.67. The summed E-state index contributed by atoms with van der Waals surface area (Å²) in [4.78, 5) is 22.3. The fraction of sp³-hybridized carbons (Fsp3) is 0.167. The first-order valence-electron chi connectivity index (χ1n) is 5.39. The smallest absolute Gasteiger partial charge is 0.380 e. The summed E-state index contributed by atoms with van der Waals surface area (Å²) in [5.41, 5.74) is 0.174. The number of hydrogen-bond acceptors (Lipinski definition) is 6. The fourth-order valence-electron chi connectivity index (χ4n) is 1.72. The summed E-state index contributed by atoms with van der Waals surface area (Å²) in [6, 6.07) is 3.59. The van der Waals surface area contributed by atoms with Gasteiger partial charge in [0.1, 0.15) is 10.7 Å².